The third kappa shape index (κ3) is 3.12. The highest BCUT2D eigenvalue weighted by Gasteiger charge is 2.24. The fraction of sp³-hybridized carbons (Fsp3) is 0.294. The molecule has 0 radical (unpaired) electrons. The van der Waals surface area contributed by atoms with Gasteiger partial charge in [-0.1, -0.05) is 5.16 Å². The van der Waals surface area contributed by atoms with Gasteiger partial charge in [0.1, 0.15) is 23.8 Å². The van der Waals surface area contributed by atoms with Crippen molar-refractivity contribution in [2.24, 2.45) is 0 Å². The summed E-state index contributed by atoms with van der Waals surface area (Å²) in [7, 11) is 0. The highest BCUT2D eigenvalue weighted by atomic mass is 16.5. The van der Waals surface area contributed by atoms with E-state index in [2.05, 4.69) is 15.0 Å². The molecular formula is C17H17N3O3. The minimum atomic E-state index is 0.393. The van der Waals surface area contributed by atoms with E-state index in [0.29, 0.717) is 6.61 Å². The summed E-state index contributed by atoms with van der Waals surface area (Å²) in [5, 5.41) is 4.18. The van der Waals surface area contributed by atoms with Crippen molar-refractivity contribution in [1.29, 1.82) is 0 Å². The van der Waals surface area contributed by atoms with Gasteiger partial charge in [-0.05, 0) is 18.2 Å². The van der Waals surface area contributed by atoms with E-state index in [1.54, 1.807) is 24.9 Å². The van der Waals surface area contributed by atoms with E-state index in [0.717, 1.165) is 48.8 Å². The van der Waals surface area contributed by atoms with Gasteiger partial charge >= 0.3 is 0 Å². The summed E-state index contributed by atoms with van der Waals surface area (Å²) in [5.41, 5.74) is 3.18. The first-order valence-corrected chi connectivity index (χ1v) is 7.61. The molecule has 0 unspecified atom stereocenters. The summed E-state index contributed by atoms with van der Waals surface area (Å²) in [6.07, 6.45) is 7.77. The lowest BCUT2D eigenvalue weighted by molar-refractivity contribution is 0.227. The quantitative estimate of drug-likeness (QED) is 0.722. The number of hydrogen-bond acceptors (Lipinski definition) is 6. The number of furan rings is 1. The predicted molar refractivity (Wildman–Crippen MR) is 81.6 cm³/mol. The smallest absolute Gasteiger partial charge is 0.142 e. The molecule has 0 fully saturated rings. The number of rotatable bonds is 5. The lowest BCUT2D eigenvalue weighted by Crippen LogP contribution is -2.29. The maximum Gasteiger partial charge on any atom is 0.142 e. The molecule has 23 heavy (non-hydrogen) atoms. The zero-order chi connectivity index (χ0) is 15.5. The molecule has 4 rings (SSSR count). The van der Waals surface area contributed by atoms with Crippen molar-refractivity contribution in [3.63, 3.8) is 0 Å². The fourth-order valence-electron chi connectivity index (χ4n) is 2.79. The van der Waals surface area contributed by atoms with E-state index in [1.807, 2.05) is 18.2 Å². The van der Waals surface area contributed by atoms with E-state index in [4.69, 9.17) is 13.7 Å². The van der Waals surface area contributed by atoms with Crippen LogP contribution >= 0.6 is 0 Å². The van der Waals surface area contributed by atoms with Gasteiger partial charge in [0.05, 0.1) is 18.7 Å². The molecule has 3 aromatic heterocycles. The molecule has 0 N–H and O–H groups in total. The number of hydrogen-bond donors (Lipinski definition) is 0. The molecule has 0 bridgehead atoms. The van der Waals surface area contributed by atoms with E-state index in [-0.39, 0.29) is 0 Å². The summed E-state index contributed by atoms with van der Waals surface area (Å²) in [4.78, 5) is 6.40. The van der Waals surface area contributed by atoms with Crippen LogP contribution in [0.2, 0.25) is 0 Å². The molecule has 4 heterocycles. The summed E-state index contributed by atoms with van der Waals surface area (Å²) in [6.45, 7) is 3.03. The monoisotopic (exact) mass is 311 g/mol. The minimum absolute atomic E-state index is 0.393. The standard InChI is InChI=1S/C17H17N3O3/c1-2-14(8-18-5-1)22-12-16-15-10-20(6-3-17(15)23-19-16)9-13-4-7-21-11-13/h1-2,4-5,7-8,11H,3,6,9-10,12H2. The van der Waals surface area contributed by atoms with Gasteiger partial charge in [0, 0.05) is 43.4 Å². The Morgan fingerprint density at radius 1 is 1.30 bits per heavy atom. The Morgan fingerprint density at radius 3 is 3.13 bits per heavy atom. The Labute approximate surface area is 133 Å². The topological polar surface area (TPSA) is 64.5 Å². The first kappa shape index (κ1) is 14.0. The Morgan fingerprint density at radius 2 is 2.30 bits per heavy atom. The Kier molecular flexibility index (Phi) is 3.81. The molecule has 1 aliphatic heterocycles. The molecular weight excluding hydrogens is 294 g/mol. The van der Waals surface area contributed by atoms with Crippen LogP contribution in [-0.4, -0.2) is 21.6 Å². The average molecular weight is 311 g/mol. The van der Waals surface area contributed by atoms with E-state index < -0.39 is 0 Å². The normalized spacial score (nSPS) is 14.6. The van der Waals surface area contributed by atoms with Crippen molar-refractivity contribution in [3.05, 3.63) is 65.7 Å². The lowest BCUT2D eigenvalue weighted by Gasteiger charge is -2.25. The maximum absolute atomic E-state index is 5.74. The number of nitrogens with zero attached hydrogens (tertiary/aromatic N) is 3. The van der Waals surface area contributed by atoms with Crippen molar-refractivity contribution >= 4 is 0 Å². The van der Waals surface area contributed by atoms with Gasteiger partial charge in [0.2, 0.25) is 0 Å². The van der Waals surface area contributed by atoms with Crippen molar-refractivity contribution < 1.29 is 13.7 Å². The van der Waals surface area contributed by atoms with Crippen LogP contribution in [0.5, 0.6) is 5.75 Å². The highest BCUT2D eigenvalue weighted by molar-refractivity contribution is 5.26. The van der Waals surface area contributed by atoms with Crippen LogP contribution < -0.4 is 4.74 Å². The van der Waals surface area contributed by atoms with Crippen LogP contribution in [0.4, 0.5) is 0 Å². The number of fused-ring (bicyclic) bond motifs is 1. The van der Waals surface area contributed by atoms with Crippen LogP contribution in [0, 0.1) is 0 Å². The summed E-state index contributed by atoms with van der Waals surface area (Å²) in [5.74, 6) is 1.70. The Balaban J connectivity index is 1.44. The molecule has 0 saturated carbocycles. The van der Waals surface area contributed by atoms with Gasteiger partial charge in [-0.2, -0.15) is 0 Å². The van der Waals surface area contributed by atoms with Crippen LogP contribution in [0.3, 0.4) is 0 Å². The van der Waals surface area contributed by atoms with Gasteiger partial charge in [-0.15, -0.1) is 0 Å². The van der Waals surface area contributed by atoms with Crippen LogP contribution in [0.1, 0.15) is 22.6 Å². The summed E-state index contributed by atoms with van der Waals surface area (Å²) >= 11 is 0. The van der Waals surface area contributed by atoms with Gasteiger partial charge in [-0.3, -0.25) is 9.88 Å². The molecule has 0 spiro atoms. The van der Waals surface area contributed by atoms with Gasteiger partial charge in [0.25, 0.3) is 0 Å². The highest BCUT2D eigenvalue weighted by Crippen LogP contribution is 2.24. The van der Waals surface area contributed by atoms with Gasteiger partial charge in [-0.25, -0.2) is 0 Å². The third-order valence-electron chi connectivity index (χ3n) is 3.98. The second-order valence-electron chi connectivity index (χ2n) is 5.60. The van der Waals surface area contributed by atoms with Crippen LogP contribution in [0.25, 0.3) is 0 Å². The first-order chi connectivity index (χ1) is 11.4. The number of ether oxygens (including phenoxy) is 1. The number of pyridine rings is 1. The van der Waals surface area contributed by atoms with Crippen LogP contribution in [-0.2, 0) is 26.1 Å². The molecule has 0 aliphatic carbocycles. The van der Waals surface area contributed by atoms with E-state index in [1.165, 1.54) is 5.56 Å². The Bertz CT molecular complexity index is 753. The van der Waals surface area contributed by atoms with Crippen LogP contribution in [0.15, 0.2) is 52.1 Å². The lowest BCUT2D eigenvalue weighted by atomic mass is 10.1. The molecule has 1 aliphatic rings. The summed E-state index contributed by atoms with van der Waals surface area (Å²) in [6, 6.07) is 5.72. The Hall–Kier alpha value is -2.60. The summed E-state index contributed by atoms with van der Waals surface area (Å²) < 4.78 is 16.3. The SMILES string of the molecule is c1cncc(OCc2noc3c2CN(Cc2ccoc2)CC3)c1. The number of aromatic nitrogens is 2. The molecule has 0 amide bonds. The largest absolute Gasteiger partial charge is 0.486 e. The second-order valence-corrected chi connectivity index (χ2v) is 5.60. The van der Waals surface area contributed by atoms with Crippen molar-refractivity contribution in [2.45, 2.75) is 26.1 Å². The fourth-order valence-corrected chi connectivity index (χ4v) is 2.79. The molecule has 0 aromatic carbocycles. The van der Waals surface area contributed by atoms with E-state index >= 15 is 0 Å². The second kappa shape index (κ2) is 6.26. The molecule has 6 heteroatoms. The van der Waals surface area contributed by atoms with Crippen molar-refractivity contribution in [3.8, 4) is 5.75 Å². The third-order valence-corrected chi connectivity index (χ3v) is 3.98. The van der Waals surface area contributed by atoms with Gasteiger partial charge in [0.15, 0.2) is 0 Å². The van der Waals surface area contributed by atoms with E-state index in [9.17, 15) is 0 Å². The van der Waals surface area contributed by atoms with Gasteiger partial charge < -0.3 is 13.7 Å². The first-order valence-electron chi connectivity index (χ1n) is 7.61. The van der Waals surface area contributed by atoms with Crippen molar-refractivity contribution in [1.82, 2.24) is 15.0 Å². The zero-order valence-corrected chi connectivity index (χ0v) is 12.6. The molecule has 0 saturated heterocycles. The molecule has 0 atom stereocenters. The average Bonchev–Trinajstić information content (AvgIpc) is 3.23. The maximum atomic E-state index is 5.74. The molecule has 3 aromatic rings. The predicted octanol–water partition coefficient (Wildman–Crippen LogP) is 2.80. The minimum Gasteiger partial charge on any atom is -0.486 e. The zero-order valence-electron chi connectivity index (χ0n) is 12.6. The van der Waals surface area contributed by atoms with Crippen molar-refractivity contribution in [2.75, 3.05) is 6.54 Å². The molecule has 6 nitrogen and oxygen atoms in total. The molecule has 118 valence electrons.